The van der Waals surface area contributed by atoms with Crippen LogP contribution in [-0.2, 0) is 27.9 Å². The Balaban J connectivity index is 5.45. The molecule has 0 bridgehead atoms. The lowest BCUT2D eigenvalue weighted by molar-refractivity contribution is -0.870. The van der Waals surface area contributed by atoms with Gasteiger partial charge in [0.1, 0.15) is 19.3 Å². The lowest BCUT2D eigenvalue weighted by Crippen LogP contribution is -2.47. The molecule has 0 saturated carbocycles. The second-order valence-electron chi connectivity index (χ2n) is 20.4. The van der Waals surface area contributed by atoms with Crippen molar-refractivity contribution in [1.82, 2.24) is 5.32 Å². The first kappa shape index (κ1) is 68.9. The molecule has 3 atom stereocenters. The number of phosphoric acid groups is 1. The van der Waals surface area contributed by atoms with Crippen molar-refractivity contribution in [3.8, 4) is 0 Å². The Morgan fingerprint density at radius 1 is 0.500 bits per heavy atom. The maximum absolute atomic E-state index is 13.5. The average Bonchev–Trinajstić information content (AvgIpc) is 3.34. The Morgan fingerprint density at radius 2 is 0.889 bits per heavy atom. The van der Waals surface area contributed by atoms with Crippen LogP contribution in [0.5, 0.6) is 0 Å². The predicted molar refractivity (Wildman–Crippen MR) is 309 cm³/mol. The van der Waals surface area contributed by atoms with Gasteiger partial charge in [-0.2, -0.15) is 0 Å². The molecule has 3 unspecified atom stereocenters. The van der Waals surface area contributed by atoms with Crippen molar-refractivity contribution in [3.63, 3.8) is 0 Å². The largest absolute Gasteiger partial charge is 0.472 e. The number of carbonyl (C=O) groups excluding carboxylic acids is 2. The van der Waals surface area contributed by atoms with Gasteiger partial charge in [0.05, 0.1) is 33.8 Å². The zero-order valence-electron chi connectivity index (χ0n) is 47.1. The fraction of sp³-hybridized carbons (Fsp3) is 0.710. The van der Waals surface area contributed by atoms with E-state index >= 15 is 0 Å². The maximum Gasteiger partial charge on any atom is 0.472 e. The molecular weight excluding hydrogens is 916 g/mol. The van der Waals surface area contributed by atoms with Gasteiger partial charge in [-0.25, -0.2) is 4.57 Å². The van der Waals surface area contributed by atoms with Gasteiger partial charge < -0.3 is 19.4 Å². The second kappa shape index (κ2) is 51.4. The van der Waals surface area contributed by atoms with Crippen LogP contribution in [0.2, 0.25) is 0 Å². The third-order valence-electron chi connectivity index (χ3n) is 12.3. The molecule has 414 valence electrons. The lowest BCUT2D eigenvalue weighted by Gasteiger charge is -2.27. The third-order valence-corrected chi connectivity index (χ3v) is 13.2. The van der Waals surface area contributed by atoms with Crippen molar-refractivity contribution in [2.75, 3.05) is 40.9 Å². The van der Waals surface area contributed by atoms with Crippen molar-refractivity contribution in [2.24, 2.45) is 0 Å². The molecule has 0 spiro atoms. The summed E-state index contributed by atoms with van der Waals surface area (Å²) in [6.45, 7) is 6.81. The van der Waals surface area contributed by atoms with Gasteiger partial charge >= 0.3 is 13.8 Å². The maximum atomic E-state index is 13.5. The van der Waals surface area contributed by atoms with Crippen LogP contribution in [0.15, 0.2) is 97.2 Å². The van der Waals surface area contributed by atoms with Crippen molar-refractivity contribution >= 4 is 19.7 Å². The van der Waals surface area contributed by atoms with Crippen molar-refractivity contribution in [3.05, 3.63) is 97.2 Å². The summed E-state index contributed by atoms with van der Waals surface area (Å²) in [5, 5.41) is 3.02. The number of phosphoric ester groups is 1. The van der Waals surface area contributed by atoms with E-state index in [9.17, 15) is 19.0 Å². The lowest BCUT2D eigenvalue weighted by atomic mass is 10.0. The molecule has 0 radical (unpaired) electrons. The molecule has 0 fully saturated rings. The molecule has 0 aromatic rings. The molecule has 72 heavy (non-hydrogen) atoms. The van der Waals surface area contributed by atoms with Gasteiger partial charge in [-0.15, -0.1) is 0 Å². The average molecular weight is 1030 g/mol. The van der Waals surface area contributed by atoms with Crippen molar-refractivity contribution in [2.45, 2.75) is 245 Å². The first-order valence-corrected chi connectivity index (χ1v) is 30.6. The fourth-order valence-electron chi connectivity index (χ4n) is 7.76. The molecule has 10 heteroatoms. The number of rotatable bonds is 51. The number of esters is 1. The summed E-state index contributed by atoms with van der Waals surface area (Å²) in [7, 11) is 1.45. The number of nitrogens with zero attached hydrogens (tertiary/aromatic N) is 1. The molecule has 0 aromatic carbocycles. The number of quaternary nitrogens is 1. The van der Waals surface area contributed by atoms with E-state index in [0.29, 0.717) is 23.9 Å². The van der Waals surface area contributed by atoms with E-state index in [1.165, 1.54) is 83.5 Å². The summed E-state index contributed by atoms with van der Waals surface area (Å²) < 4.78 is 30.6. The number of amides is 1. The Labute approximate surface area is 443 Å². The normalized spacial score (nSPS) is 14.5. The standard InChI is InChI=1S/C62H109N2O7P/c1-7-10-13-16-19-22-25-28-30-31-32-33-34-36-39-42-45-48-51-54-61(65)63-59(58-70-72(67,68)69-57-56-64(4,5)6)60(53-50-47-44-41-38-35-27-24-21-18-15-12-9-3)71-62(66)55-52-49-46-43-40-37-29-26-23-20-17-14-11-8-2/h11,14,19-20,22-23,28-30,32-33,36-37,39,50,53,59-60H,7-10,12-13,15-18,21,24-27,31,34-35,38,40-49,51-52,54-58H2,1-6H3,(H-,63,65,67,68)/p+1/b14-11+,22-19-,23-20+,30-28-,33-32-,37-29+,39-36-,53-50-. The molecule has 0 saturated heterocycles. The third kappa shape index (κ3) is 51.8. The van der Waals surface area contributed by atoms with Gasteiger partial charge in [-0.05, 0) is 109 Å². The summed E-state index contributed by atoms with van der Waals surface area (Å²) in [6.07, 6.45) is 68.3. The summed E-state index contributed by atoms with van der Waals surface area (Å²) in [4.78, 5) is 37.6. The molecule has 2 N–H and O–H groups in total. The van der Waals surface area contributed by atoms with Gasteiger partial charge in [0.2, 0.25) is 5.91 Å². The molecule has 0 aromatic heterocycles. The van der Waals surface area contributed by atoms with Crippen molar-refractivity contribution < 1.29 is 37.3 Å². The molecule has 0 aliphatic rings. The highest BCUT2D eigenvalue weighted by Gasteiger charge is 2.30. The van der Waals surface area contributed by atoms with E-state index in [2.05, 4.69) is 111 Å². The SMILES string of the molecule is CC/C=C/C/C=C/C/C=C/CCCCCCC(=O)OC(/C=C\CCCCCCCCCCCCC)C(COP(=O)(O)OCC[N+](C)(C)C)NC(=O)CCCCC/C=C\C/C=C\C/C=C\C/C=C\CCCCC. The number of unbranched alkanes of at least 4 members (excludes halogenated alkanes) is 21. The topological polar surface area (TPSA) is 111 Å². The highest BCUT2D eigenvalue weighted by atomic mass is 31.2. The summed E-state index contributed by atoms with van der Waals surface area (Å²) >= 11 is 0. The minimum Gasteiger partial charge on any atom is -0.456 e. The van der Waals surface area contributed by atoms with E-state index < -0.39 is 20.0 Å². The van der Waals surface area contributed by atoms with Crippen LogP contribution in [0.25, 0.3) is 0 Å². The summed E-state index contributed by atoms with van der Waals surface area (Å²) in [6, 6.07) is -0.879. The van der Waals surface area contributed by atoms with E-state index in [0.717, 1.165) is 103 Å². The highest BCUT2D eigenvalue weighted by molar-refractivity contribution is 7.47. The van der Waals surface area contributed by atoms with Crippen LogP contribution in [-0.4, -0.2) is 74.3 Å². The molecular formula is C62H110N2O7P+. The number of hydrogen-bond acceptors (Lipinski definition) is 6. The quantitative estimate of drug-likeness (QED) is 0.0205. The van der Waals surface area contributed by atoms with Gasteiger partial charge in [0.15, 0.2) is 0 Å². The van der Waals surface area contributed by atoms with Crippen LogP contribution in [0, 0.1) is 0 Å². The summed E-state index contributed by atoms with van der Waals surface area (Å²) in [5.41, 5.74) is 0. The minimum absolute atomic E-state index is 0.0253. The number of likely N-dealkylation sites (N-methyl/N-ethyl adjacent to an activating group) is 1. The Bertz CT molecular complexity index is 1560. The number of carbonyl (C=O) groups is 2. The zero-order chi connectivity index (χ0) is 52.9. The van der Waals surface area contributed by atoms with Crippen LogP contribution in [0.4, 0.5) is 0 Å². The Morgan fingerprint density at radius 3 is 1.38 bits per heavy atom. The van der Waals surface area contributed by atoms with Crippen LogP contribution in [0.1, 0.15) is 233 Å². The number of nitrogens with one attached hydrogen (secondary N) is 1. The second-order valence-corrected chi connectivity index (χ2v) is 21.9. The van der Waals surface area contributed by atoms with E-state index in [1.54, 1.807) is 0 Å². The zero-order valence-corrected chi connectivity index (χ0v) is 48.0. The molecule has 9 nitrogen and oxygen atoms in total. The van der Waals surface area contributed by atoms with Crippen LogP contribution < -0.4 is 5.32 Å². The van der Waals surface area contributed by atoms with E-state index in [1.807, 2.05) is 33.3 Å². The number of allylic oxidation sites excluding steroid dienone is 15. The first-order valence-electron chi connectivity index (χ1n) is 29.1. The highest BCUT2D eigenvalue weighted by Crippen LogP contribution is 2.43. The molecule has 0 heterocycles. The minimum atomic E-state index is -4.46. The molecule has 0 aliphatic heterocycles. The monoisotopic (exact) mass is 1030 g/mol. The van der Waals surface area contributed by atoms with Crippen LogP contribution in [0.3, 0.4) is 0 Å². The fourth-order valence-corrected chi connectivity index (χ4v) is 8.50. The Kier molecular flexibility index (Phi) is 49.2. The van der Waals surface area contributed by atoms with Gasteiger partial charge in [-0.1, -0.05) is 208 Å². The van der Waals surface area contributed by atoms with Gasteiger partial charge in [-0.3, -0.25) is 18.6 Å². The predicted octanol–water partition coefficient (Wildman–Crippen LogP) is 17.6. The molecule has 0 rings (SSSR count). The van der Waals surface area contributed by atoms with E-state index in [4.69, 9.17) is 13.8 Å². The number of ether oxygens (including phenoxy) is 1. The molecule has 1 amide bonds. The summed E-state index contributed by atoms with van der Waals surface area (Å²) in [5.74, 6) is -0.573. The first-order chi connectivity index (χ1) is 34.9. The van der Waals surface area contributed by atoms with Crippen molar-refractivity contribution in [1.29, 1.82) is 0 Å². The van der Waals surface area contributed by atoms with Gasteiger partial charge in [0.25, 0.3) is 0 Å². The number of hydrogen-bond donors (Lipinski definition) is 2. The van der Waals surface area contributed by atoms with Gasteiger partial charge in [0, 0.05) is 12.8 Å². The van der Waals surface area contributed by atoms with Crippen LogP contribution >= 0.6 is 7.82 Å². The van der Waals surface area contributed by atoms with E-state index in [-0.39, 0.29) is 37.9 Å². The Hall–Kier alpha value is -3.07. The smallest absolute Gasteiger partial charge is 0.456 e. The molecule has 0 aliphatic carbocycles.